The molecule has 0 radical (unpaired) electrons. The fraction of sp³-hybridized carbons (Fsp3) is 0.143. The molecule has 0 saturated carbocycles. The third-order valence-corrected chi connectivity index (χ3v) is 2.57. The van der Waals surface area contributed by atoms with Crippen LogP contribution in [-0.2, 0) is 15.3 Å². The molecule has 0 aliphatic carbocycles. The lowest BCUT2D eigenvalue weighted by Crippen LogP contribution is -1.91. The van der Waals surface area contributed by atoms with Gasteiger partial charge in [0.15, 0.2) is 11.1 Å². The van der Waals surface area contributed by atoms with Gasteiger partial charge in [0.25, 0.3) is 0 Å². The summed E-state index contributed by atoms with van der Waals surface area (Å²) in [4.78, 5) is 0.668. The predicted octanol–water partition coefficient (Wildman–Crippen LogP) is 2.12. The van der Waals surface area contributed by atoms with E-state index >= 15 is 0 Å². The summed E-state index contributed by atoms with van der Waals surface area (Å²) in [6.45, 7) is 0. The van der Waals surface area contributed by atoms with Crippen LogP contribution in [0.2, 0.25) is 0 Å². The Morgan fingerprint density at radius 2 is 2.27 bits per heavy atom. The average Bonchev–Trinajstić information content (AvgIpc) is 2.03. The van der Waals surface area contributed by atoms with Gasteiger partial charge in [0, 0.05) is 4.47 Å². The Hall–Kier alpha value is -0.190. The number of hydrogen-bond acceptors (Lipinski definition) is 2. The molecule has 4 heteroatoms. The molecule has 0 spiro atoms. The van der Waals surface area contributed by atoms with Gasteiger partial charge in [-0.05, 0) is 18.2 Å². The molecule has 0 N–H and O–H groups in total. The van der Waals surface area contributed by atoms with E-state index in [0.717, 1.165) is 4.47 Å². The van der Waals surface area contributed by atoms with Gasteiger partial charge in [-0.3, -0.25) is 4.18 Å². The molecule has 0 heterocycles. The van der Waals surface area contributed by atoms with Crippen molar-refractivity contribution < 1.29 is 8.39 Å². The summed E-state index contributed by atoms with van der Waals surface area (Å²) in [5.74, 6) is 0. The third kappa shape index (κ3) is 2.39. The van der Waals surface area contributed by atoms with Crippen LogP contribution in [-0.4, -0.2) is 11.3 Å². The second kappa shape index (κ2) is 3.99. The van der Waals surface area contributed by atoms with Gasteiger partial charge in [0.1, 0.15) is 0 Å². The maximum Gasteiger partial charge on any atom is 0.188 e. The molecule has 1 aromatic rings. The molecule has 0 fully saturated rings. The zero-order valence-electron chi connectivity index (χ0n) is 5.91. The van der Waals surface area contributed by atoms with Crippen LogP contribution in [0.1, 0.15) is 0 Å². The quantitative estimate of drug-likeness (QED) is 0.784. The molecular formula is C7H7BrO2S. The normalized spacial score (nSPS) is 12.9. The van der Waals surface area contributed by atoms with Crippen molar-refractivity contribution in [2.24, 2.45) is 0 Å². The molecule has 0 saturated heterocycles. The Morgan fingerprint density at radius 1 is 1.55 bits per heavy atom. The summed E-state index contributed by atoms with van der Waals surface area (Å²) in [6.07, 6.45) is 0. The first kappa shape index (κ1) is 8.90. The van der Waals surface area contributed by atoms with E-state index in [2.05, 4.69) is 20.1 Å². The van der Waals surface area contributed by atoms with Crippen LogP contribution >= 0.6 is 15.9 Å². The van der Waals surface area contributed by atoms with Gasteiger partial charge in [-0.15, -0.1) is 0 Å². The van der Waals surface area contributed by atoms with Gasteiger partial charge in [0.2, 0.25) is 0 Å². The van der Waals surface area contributed by atoms with Crippen molar-refractivity contribution in [3.05, 3.63) is 28.7 Å². The van der Waals surface area contributed by atoms with Crippen molar-refractivity contribution in [3.63, 3.8) is 0 Å². The van der Waals surface area contributed by atoms with Gasteiger partial charge < -0.3 is 0 Å². The van der Waals surface area contributed by atoms with Gasteiger partial charge in [-0.1, -0.05) is 22.0 Å². The van der Waals surface area contributed by atoms with E-state index < -0.39 is 11.1 Å². The summed E-state index contributed by atoms with van der Waals surface area (Å²) in [6, 6.07) is 7.21. The Morgan fingerprint density at radius 3 is 2.82 bits per heavy atom. The molecule has 1 rings (SSSR count). The molecule has 0 unspecified atom stereocenters. The standard InChI is InChI=1S/C7H7BrO2S/c1-10-11(9)7-4-2-3-6(8)5-7/h2-5H,1H3/t11-/m0/s1. The summed E-state index contributed by atoms with van der Waals surface area (Å²) in [5.41, 5.74) is 0. The Bertz CT molecular complexity index is 275. The monoisotopic (exact) mass is 234 g/mol. The molecule has 1 aromatic carbocycles. The highest BCUT2D eigenvalue weighted by molar-refractivity contribution is 9.10. The minimum absolute atomic E-state index is 0.668. The lowest BCUT2D eigenvalue weighted by Gasteiger charge is -1.97. The van der Waals surface area contributed by atoms with Crippen molar-refractivity contribution in [3.8, 4) is 0 Å². The molecular weight excluding hydrogens is 228 g/mol. The molecule has 0 aliphatic rings. The molecule has 0 aromatic heterocycles. The highest BCUT2D eigenvalue weighted by Gasteiger charge is 2.00. The number of hydrogen-bond donors (Lipinski definition) is 0. The molecule has 1 atom stereocenters. The van der Waals surface area contributed by atoms with E-state index in [1.165, 1.54) is 7.11 Å². The summed E-state index contributed by atoms with van der Waals surface area (Å²) >= 11 is 1.94. The van der Waals surface area contributed by atoms with Gasteiger partial charge in [-0.2, -0.15) is 0 Å². The number of halogens is 1. The highest BCUT2D eigenvalue weighted by atomic mass is 79.9. The zero-order valence-corrected chi connectivity index (χ0v) is 8.31. The van der Waals surface area contributed by atoms with Crippen LogP contribution in [0.5, 0.6) is 0 Å². The van der Waals surface area contributed by atoms with E-state index in [4.69, 9.17) is 0 Å². The topological polar surface area (TPSA) is 26.3 Å². The van der Waals surface area contributed by atoms with Crippen molar-refractivity contribution in [1.29, 1.82) is 0 Å². The van der Waals surface area contributed by atoms with Crippen LogP contribution in [0, 0.1) is 0 Å². The van der Waals surface area contributed by atoms with E-state index in [0.29, 0.717) is 4.90 Å². The molecule has 2 nitrogen and oxygen atoms in total. The highest BCUT2D eigenvalue weighted by Crippen LogP contribution is 2.14. The smallest absolute Gasteiger partial charge is 0.188 e. The zero-order chi connectivity index (χ0) is 8.27. The first-order valence-corrected chi connectivity index (χ1v) is 4.82. The lowest BCUT2D eigenvalue weighted by atomic mass is 10.4. The molecule has 11 heavy (non-hydrogen) atoms. The van der Waals surface area contributed by atoms with E-state index in [1.54, 1.807) is 12.1 Å². The van der Waals surface area contributed by atoms with Crippen LogP contribution in [0.25, 0.3) is 0 Å². The van der Waals surface area contributed by atoms with E-state index in [9.17, 15) is 4.21 Å². The van der Waals surface area contributed by atoms with Gasteiger partial charge in [-0.25, -0.2) is 4.21 Å². The Balaban J connectivity index is 2.96. The van der Waals surface area contributed by atoms with Crippen molar-refractivity contribution in [1.82, 2.24) is 0 Å². The maximum absolute atomic E-state index is 11.0. The number of benzene rings is 1. The largest absolute Gasteiger partial charge is 0.290 e. The third-order valence-electron chi connectivity index (χ3n) is 1.14. The van der Waals surface area contributed by atoms with Gasteiger partial charge in [0.05, 0.1) is 12.0 Å². The second-order valence-electron chi connectivity index (χ2n) is 1.86. The molecule has 0 bridgehead atoms. The molecule has 0 amide bonds. The van der Waals surface area contributed by atoms with Crippen LogP contribution in [0.15, 0.2) is 33.6 Å². The van der Waals surface area contributed by atoms with Crippen molar-refractivity contribution in [2.75, 3.05) is 7.11 Å². The minimum atomic E-state index is -1.33. The maximum atomic E-state index is 11.0. The minimum Gasteiger partial charge on any atom is -0.290 e. The Labute approximate surface area is 76.4 Å². The summed E-state index contributed by atoms with van der Waals surface area (Å²) < 4.78 is 16.6. The SMILES string of the molecule is CO[S@](=O)c1cccc(Br)c1. The molecule has 0 aliphatic heterocycles. The second-order valence-corrected chi connectivity index (χ2v) is 4.05. The number of rotatable bonds is 2. The molecule has 60 valence electrons. The first-order chi connectivity index (χ1) is 5.24. The van der Waals surface area contributed by atoms with E-state index in [-0.39, 0.29) is 0 Å². The van der Waals surface area contributed by atoms with Crippen molar-refractivity contribution >= 4 is 27.0 Å². The van der Waals surface area contributed by atoms with Crippen LogP contribution in [0.3, 0.4) is 0 Å². The average molecular weight is 235 g/mol. The van der Waals surface area contributed by atoms with Crippen LogP contribution in [0.4, 0.5) is 0 Å². The Kier molecular flexibility index (Phi) is 3.23. The van der Waals surface area contributed by atoms with Crippen molar-refractivity contribution in [2.45, 2.75) is 4.90 Å². The lowest BCUT2D eigenvalue weighted by molar-refractivity contribution is 0.445. The fourth-order valence-electron chi connectivity index (χ4n) is 0.667. The van der Waals surface area contributed by atoms with E-state index in [1.807, 2.05) is 12.1 Å². The van der Waals surface area contributed by atoms with Crippen LogP contribution < -0.4 is 0 Å². The van der Waals surface area contributed by atoms with Gasteiger partial charge >= 0.3 is 0 Å². The predicted molar refractivity (Wildman–Crippen MR) is 47.6 cm³/mol. The first-order valence-electron chi connectivity index (χ1n) is 2.96. The summed E-state index contributed by atoms with van der Waals surface area (Å²) in [5, 5.41) is 0. The fourth-order valence-corrected chi connectivity index (χ4v) is 1.82. The summed E-state index contributed by atoms with van der Waals surface area (Å²) in [7, 11) is 1.41.